The van der Waals surface area contributed by atoms with E-state index in [0.717, 1.165) is 0 Å². The van der Waals surface area contributed by atoms with Gasteiger partial charge in [-0.2, -0.15) is 0 Å². The number of esters is 1. The molecule has 4 heteroatoms. The van der Waals surface area contributed by atoms with Gasteiger partial charge in [0.15, 0.2) is 5.60 Å². The third kappa shape index (κ3) is 3.46. The van der Waals surface area contributed by atoms with Crippen LogP contribution in [-0.2, 0) is 14.3 Å². The Morgan fingerprint density at radius 3 is 2.38 bits per heavy atom. The van der Waals surface area contributed by atoms with Gasteiger partial charge in [0, 0.05) is 12.8 Å². The maximum absolute atomic E-state index is 11.9. The lowest BCUT2D eigenvalue weighted by Gasteiger charge is -2.40. The average Bonchev–Trinajstić information content (AvgIpc) is 1.97. The fraction of sp³-hybridized carbons (Fsp3) is 0.917. The van der Waals surface area contributed by atoms with Crippen LogP contribution in [0.15, 0.2) is 0 Å². The molecule has 0 aliphatic carbocycles. The second kappa shape index (κ2) is 4.00. The van der Waals surface area contributed by atoms with Crippen LogP contribution in [0.1, 0.15) is 47.5 Å². The largest absolute Gasteiger partial charge is 0.458 e. The summed E-state index contributed by atoms with van der Waals surface area (Å²) < 4.78 is 10.7. The summed E-state index contributed by atoms with van der Waals surface area (Å²) >= 11 is 0. The molecule has 0 aromatic carbocycles. The molecule has 94 valence electrons. The number of hydrogen-bond donors (Lipinski definition) is 1. The summed E-state index contributed by atoms with van der Waals surface area (Å²) in [5, 5.41) is 10.3. The highest BCUT2D eigenvalue weighted by Gasteiger charge is 2.47. The lowest BCUT2D eigenvalue weighted by atomic mass is 9.84. The monoisotopic (exact) mass is 230 g/mol. The number of rotatable bonds is 1. The van der Waals surface area contributed by atoms with Crippen molar-refractivity contribution in [2.45, 2.75) is 64.3 Å². The van der Waals surface area contributed by atoms with Gasteiger partial charge in [-0.15, -0.1) is 0 Å². The van der Waals surface area contributed by atoms with Crippen LogP contribution in [0.4, 0.5) is 0 Å². The number of aliphatic hydroxyl groups is 1. The van der Waals surface area contributed by atoms with Crippen LogP contribution in [0.25, 0.3) is 0 Å². The standard InChI is InChI=1S/C12H22O4/c1-10(2,3)16-9(13)12(14)6-7-15-11(4,5)8-12/h14H,6-8H2,1-5H3. The zero-order valence-electron chi connectivity index (χ0n) is 10.8. The predicted molar refractivity (Wildman–Crippen MR) is 60.1 cm³/mol. The van der Waals surface area contributed by atoms with Crippen LogP contribution < -0.4 is 0 Å². The first kappa shape index (κ1) is 13.5. The minimum atomic E-state index is -1.41. The quantitative estimate of drug-likeness (QED) is 0.696. The molecule has 1 N–H and O–H groups in total. The van der Waals surface area contributed by atoms with Crippen molar-refractivity contribution in [2.24, 2.45) is 0 Å². The Labute approximate surface area is 96.9 Å². The van der Waals surface area contributed by atoms with Crippen LogP contribution in [0.5, 0.6) is 0 Å². The normalized spacial score (nSPS) is 29.9. The summed E-state index contributed by atoms with van der Waals surface area (Å²) in [7, 11) is 0. The first-order valence-electron chi connectivity index (χ1n) is 5.64. The van der Waals surface area contributed by atoms with E-state index in [1.807, 2.05) is 13.8 Å². The van der Waals surface area contributed by atoms with Crippen molar-refractivity contribution in [2.75, 3.05) is 6.61 Å². The molecule has 1 heterocycles. The minimum Gasteiger partial charge on any atom is -0.458 e. The first-order chi connectivity index (χ1) is 7.04. The summed E-state index contributed by atoms with van der Waals surface area (Å²) in [5.41, 5.74) is -2.46. The van der Waals surface area contributed by atoms with Crippen molar-refractivity contribution in [1.29, 1.82) is 0 Å². The van der Waals surface area contributed by atoms with Crippen LogP contribution in [-0.4, -0.2) is 34.5 Å². The smallest absolute Gasteiger partial charge is 0.338 e. The van der Waals surface area contributed by atoms with E-state index in [1.54, 1.807) is 20.8 Å². The van der Waals surface area contributed by atoms with Crippen LogP contribution in [0.3, 0.4) is 0 Å². The lowest BCUT2D eigenvalue weighted by molar-refractivity contribution is -0.199. The van der Waals surface area contributed by atoms with E-state index in [2.05, 4.69) is 0 Å². The van der Waals surface area contributed by atoms with E-state index in [-0.39, 0.29) is 6.42 Å². The van der Waals surface area contributed by atoms with E-state index < -0.39 is 22.8 Å². The molecule has 0 spiro atoms. The Hall–Kier alpha value is -0.610. The SMILES string of the molecule is CC(C)(C)OC(=O)C1(O)CCOC(C)(C)C1. The average molecular weight is 230 g/mol. The molecule has 0 amide bonds. The van der Waals surface area contributed by atoms with Crippen molar-refractivity contribution in [3.8, 4) is 0 Å². The van der Waals surface area contributed by atoms with E-state index in [4.69, 9.17) is 9.47 Å². The molecule has 1 unspecified atom stereocenters. The molecule has 0 saturated carbocycles. The molecule has 0 radical (unpaired) electrons. The molecule has 1 atom stereocenters. The molecule has 1 aliphatic heterocycles. The third-order valence-electron chi connectivity index (χ3n) is 2.51. The van der Waals surface area contributed by atoms with Crippen LogP contribution >= 0.6 is 0 Å². The molecular formula is C12H22O4. The predicted octanol–water partition coefficient (Wildman–Crippen LogP) is 1.65. The molecule has 1 rings (SSSR count). The van der Waals surface area contributed by atoms with E-state index in [0.29, 0.717) is 13.0 Å². The summed E-state index contributed by atoms with van der Waals surface area (Å²) in [5.74, 6) is -0.545. The highest BCUT2D eigenvalue weighted by atomic mass is 16.6. The molecular weight excluding hydrogens is 208 g/mol. The maximum atomic E-state index is 11.9. The Bertz CT molecular complexity index is 277. The van der Waals surface area contributed by atoms with Gasteiger partial charge >= 0.3 is 5.97 Å². The Morgan fingerprint density at radius 1 is 1.38 bits per heavy atom. The molecule has 1 saturated heterocycles. The van der Waals surface area contributed by atoms with Gasteiger partial charge in [0.1, 0.15) is 5.60 Å². The topological polar surface area (TPSA) is 55.8 Å². The summed E-state index contributed by atoms with van der Waals surface area (Å²) in [4.78, 5) is 11.9. The Balaban J connectivity index is 2.74. The second-order valence-electron chi connectivity index (χ2n) is 6.07. The van der Waals surface area contributed by atoms with Gasteiger partial charge in [-0.05, 0) is 34.6 Å². The molecule has 4 nitrogen and oxygen atoms in total. The number of hydrogen-bond acceptors (Lipinski definition) is 4. The van der Waals surface area contributed by atoms with Gasteiger partial charge in [-0.1, -0.05) is 0 Å². The first-order valence-corrected chi connectivity index (χ1v) is 5.64. The van der Waals surface area contributed by atoms with Crippen LogP contribution in [0.2, 0.25) is 0 Å². The zero-order chi connectivity index (χ0) is 12.6. The highest BCUT2D eigenvalue weighted by Crippen LogP contribution is 2.33. The Kier molecular flexibility index (Phi) is 3.37. The highest BCUT2D eigenvalue weighted by molar-refractivity contribution is 5.79. The Morgan fingerprint density at radius 2 is 1.94 bits per heavy atom. The van der Waals surface area contributed by atoms with Crippen LogP contribution in [0, 0.1) is 0 Å². The fourth-order valence-corrected chi connectivity index (χ4v) is 1.89. The number of ether oxygens (including phenoxy) is 2. The lowest BCUT2D eigenvalue weighted by Crippen LogP contribution is -2.52. The van der Waals surface area contributed by atoms with Gasteiger partial charge in [0.05, 0.1) is 12.2 Å². The zero-order valence-corrected chi connectivity index (χ0v) is 10.8. The van der Waals surface area contributed by atoms with Gasteiger partial charge < -0.3 is 14.6 Å². The van der Waals surface area contributed by atoms with E-state index in [1.165, 1.54) is 0 Å². The summed E-state index contributed by atoms with van der Waals surface area (Å²) in [6.45, 7) is 9.47. The van der Waals surface area contributed by atoms with Gasteiger partial charge in [-0.3, -0.25) is 0 Å². The molecule has 0 bridgehead atoms. The third-order valence-corrected chi connectivity index (χ3v) is 2.51. The minimum absolute atomic E-state index is 0.273. The van der Waals surface area contributed by atoms with Crippen molar-refractivity contribution < 1.29 is 19.4 Å². The van der Waals surface area contributed by atoms with E-state index >= 15 is 0 Å². The second-order valence-corrected chi connectivity index (χ2v) is 6.07. The summed E-state index contributed by atoms with van der Waals surface area (Å²) in [6.07, 6.45) is 0.570. The summed E-state index contributed by atoms with van der Waals surface area (Å²) in [6, 6.07) is 0. The molecule has 0 aromatic rings. The number of carbonyl (C=O) groups is 1. The van der Waals surface area contributed by atoms with Gasteiger partial charge in [0.2, 0.25) is 0 Å². The van der Waals surface area contributed by atoms with Gasteiger partial charge in [0.25, 0.3) is 0 Å². The molecule has 16 heavy (non-hydrogen) atoms. The number of carbonyl (C=O) groups excluding carboxylic acids is 1. The fourth-order valence-electron chi connectivity index (χ4n) is 1.89. The van der Waals surface area contributed by atoms with Crippen molar-refractivity contribution in [1.82, 2.24) is 0 Å². The molecule has 1 fully saturated rings. The maximum Gasteiger partial charge on any atom is 0.338 e. The van der Waals surface area contributed by atoms with Crippen molar-refractivity contribution >= 4 is 5.97 Å². The van der Waals surface area contributed by atoms with E-state index in [9.17, 15) is 9.90 Å². The molecule has 0 aromatic heterocycles. The van der Waals surface area contributed by atoms with Crippen molar-refractivity contribution in [3.05, 3.63) is 0 Å². The van der Waals surface area contributed by atoms with Crippen molar-refractivity contribution in [3.63, 3.8) is 0 Å². The van der Waals surface area contributed by atoms with Gasteiger partial charge in [-0.25, -0.2) is 4.79 Å². The molecule has 1 aliphatic rings.